The second-order valence-electron chi connectivity index (χ2n) is 9.43. The van der Waals surface area contributed by atoms with Crippen LogP contribution in [0.1, 0.15) is 43.0 Å². The quantitative estimate of drug-likeness (QED) is 0.324. The lowest BCUT2D eigenvalue weighted by Gasteiger charge is -2.26. The van der Waals surface area contributed by atoms with E-state index in [4.69, 9.17) is 0 Å². The molecule has 0 heteroatoms. The van der Waals surface area contributed by atoms with Crippen LogP contribution in [-0.4, -0.2) is 0 Å². The van der Waals surface area contributed by atoms with Gasteiger partial charge in [-0.1, -0.05) is 118 Å². The number of hydrogen-bond acceptors (Lipinski definition) is 0. The van der Waals surface area contributed by atoms with Crippen molar-refractivity contribution in [1.82, 2.24) is 0 Å². The summed E-state index contributed by atoms with van der Waals surface area (Å²) in [6.45, 7) is 6.96. The summed E-state index contributed by atoms with van der Waals surface area (Å²) in [7, 11) is 0. The Bertz CT molecular complexity index is 1250. The predicted octanol–water partition coefficient (Wildman–Crippen LogP) is 8.41. The number of hydrogen-bond donors (Lipinski definition) is 0. The van der Waals surface area contributed by atoms with Crippen molar-refractivity contribution in [3.8, 4) is 22.3 Å². The fraction of sp³-hybridized carbons (Fsp3) is 0.161. The van der Waals surface area contributed by atoms with E-state index in [-0.39, 0.29) is 5.41 Å². The second-order valence-corrected chi connectivity index (χ2v) is 9.43. The fourth-order valence-electron chi connectivity index (χ4n) is 4.74. The van der Waals surface area contributed by atoms with Crippen LogP contribution in [0.25, 0.3) is 33.9 Å². The van der Waals surface area contributed by atoms with Gasteiger partial charge in [-0.25, -0.2) is 0 Å². The van der Waals surface area contributed by atoms with Crippen LogP contribution in [0.2, 0.25) is 0 Å². The summed E-state index contributed by atoms with van der Waals surface area (Å²) in [5.74, 6) is 0. The highest BCUT2D eigenvalue weighted by molar-refractivity contribution is 5.98. The molecule has 0 spiro atoms. The fourth-order valence-corrected chi connectivity index (χ4v) is 4.74. The van der Waals surface area contributed by atoms with Crippen LogP contribution in [0.4, 0.5) is 0 Å². The van der Waals surface area contributed by atoms with E-state index in [0.29, 0.717) is 0 Å². The maximum absolute atomic E-state index is 2.43. The molecular weight excluding hydrogens is 372 g/mol. The average molecular weight is 401 g/mol. The Balaban J connectivity index is 1.78. The molecule has 0 fully saturated rings. The first kappa shape index (κ1) is 19.6. The van der Waals surface area contributed by atoms with E-state index in [0.717, 1.165) is 6.42 Å². The van der Waals surface area contributed by atoms with Crippen LogP contribution in [0.15, 0.2) is 97.1 Å². The number of allylic oxidation sites excluding steroid dienone is 1. The van der Waals surface area contributed by atoms with Gasteiger partial charge in [-0.15, -0.1) is 0 Å². The van der Waals surface area contributed by atoms with Gasteiger partial charge in [-0.2, -0.15) is 0 Å². The zero-order valence-corrected chi connectivity index (χ0v) is 18.5. The van der Waals surface area contributed by atoms with Gasteiger partial charge in [0.25, 0.3) is 0 Å². The van der Waals surface area contributed by atoms with Crippen molar-refractivity contribution in [2.24, 2.45) is 0 Å². The Kier molecular flexibility index (Phi) is 4.87. The first-order valence-electron chi connectivity index (χ1n) is 11.1. The summed E-state index contributed by atoms with van der Waals surface area (Å²) < 4.78 is 0. The summed E-state index contributed by atoms with van der Waals surface area (Å²) in [5, 5.41) is 0. The molecule has 1 aliphatic rings. The van der Waals surface area contributed by atoms with Gasteiger partial charge in [-0.05, 0) is 68.0 Å². The molecule has 0 saturated carbocycles. The van der Waals surface area contributed by atoms with Crippen LogP contribution in [0.3, 0.4) is 0 Å². The Morgan fingerprint density at radius 2 is 1.16 bits per heavy atom. The maximum atomic E-state index is 2.43. The summed E-state index contributed by atoms with van der Waals surface area (Å²) in [6.07, 6.45) is 3.42. The average Bonchev–Trinajstić information content (AvgIpc) is 3.23. The van der Waals surface area contributed by atoms with E-state index in [2.05, 4.69) is 124 Å². The lowest BCUT2D eigenvalue weighted by molar-refractivity contribution is 0.592. The molecule has 0 atom stereocenters. The highest BCUT2D eigenvalue weighted by atomic mass is 14.3. The molecule has 152 valence electrons. The third kappa shape index (κ3) is 3.64. The monoisotopic (exact) mass is 400 g/mol. The topological polar surface area (TPSA) is 0 Å². The molecule has 4 aromatic rings. The molecule has 0 N–H and O–H groups in total. The second kappa shape index (κ2) is 7.71. The number of rotatable bonds is 3. The van der Waals surface area contributed by atoms with E-state index in [1.54, 1.807) is 0 Å². The van der Waals surface area contributed by atoms with Crippen molar-refractivity contribution < 1.29 is 0 Å². The minimum atomic E-state index is 0.0531. The SMILES string of the molecule is CC(C)(C)c1ccc2c(c1-c1ccccc1-c1ccccc1)C=C(c1ccccc1)C2. The van der Waals surface area contributed by atoms with Crippen LogP contribution < -0.4 is 0 Å². The number of fused-ring (bicyclic) bond motifs is 1. The van der Waals surface area contributed by atoms with Gasteiger partial charge in [0.15, 0.2) is 0 Å². The highest BCUT2D eigenvalue weighted by Crippen LogP contribution is 2.45. The van der Waals surface area contributed by atoms with E-state index in [9.17, 15) is 0 Å². The molecule has 0 amide bonds. The van der Waals surface area contributed by atoms with E-state index in [1.807, 2.05) is 0 Å². The Morgan fingerprint density at radius 3 is 1.81 bits per heavy atom. The van der Waals surface area contributed by atoms with Crippen molar-refractivity contribution in [2.45, 2.75) is 32.6 Å². The minimum Gasteiger partial charge on any atom is -0.0622 e. The molecule has 0 unspecified atom stereocenters. The molecule has 0 nitrogen and oxygen atoms in total. The molecule has 0 aliphatic heterocycles. The smallest absolute Gasteiger partial charge is 0.00134 e. The Hall–Kier alpha value is -3.38. The van der Waals surface area contributed by atoms with Gasteiger partial charge in [-0.3, -0.25) is 0 Å². The van der Waals surface area contributed by atoms with Crippen molar-refractivity contribution in [3.63, 3.8) is 0 Å². The molecule has 0 aromatic heterocycles. The highest BCUT2D eigenvalue weighted by Gasteiger charge is 2.26. The third-order valence-corrected chi connectivity index (χ3v) is 6.27. The molecule has 0 radical (unpaired) electrons. The minimum absolute atomic E-state index is 0.0531. The lowest BCUT2D eigenvalue weighted by atomic mass is 9.78. The normalized spacial score (nSPS) is 13.1. The standard InChI is InChI=1S/C31H28/c1-31(2,3)29-19-18-24-20-25(22-12-6-4-7-13-22)21-28(24)30(29)27-17-11-10-16-26(27)23-14-8-5-9-15-23/h4-19,21H,20H2,1-3H3. The van der Waals surface area contributed by atoms with Crippen molar-refractivity contribution in [1.29, 1.82) is 0 Å². The predicted molar refractivity (Wildman–Crippen MR) is 134 cm³/mol. The first-order valence-corrected chi connectivity index (χ1v) is 11.1. The number of benzene rings is 4. The van der Waals surface area contributed by atoms with Gasteiger partial charge in [0, 0.05) is 0 Å². The molecule has 0 bridgehead atoms. The molecule has 31 heavy (non-hydrogen) atoms. The first-order chi connectivity index (χ1) is 15.0. The van der Waals surface area contributed by atoms with Crippen LogP contribution in [0, 0.1) is 0 Å². The van der Waals surface area contributed by atoms with E-state index < -0.39 is 0 Å². The van der Waals surface area contributed by atoms with Gasteiger partial charge in [0.2, 0.25) is 0 Å². The van der Waals surface area contributed by atoms with E-state index >= 15 is 0 Å². The van der Waals surface area contributed by atoms with Crippen LogP contribution in [-0.2, 0) is 11.8 Å². The molecule has 1 aliphatic carbocycles. The molecule has 5 rings (SSSR count). The molecule has 4 aromatic carbocycles. The van der Waals surface area contributed by atoms with Crippen LogP contribution in [0.5, 0.6) is 0 Å². The van der Waals surface area contributed by atoms with Gasteiger partial charge < -0.3 is 0 Å². The van der Waals surface area contributed by atoms with E-state index in [1.165, 1.54) is 50.1 Å². The van der Waals surface area contributed by atoms with Crippen molar-refractivity contribution >= 4 is 11.6 Å². The molecular formula is C31H28. The summed E-state index contributed by atoms with van der Waals surface area (Å²) >= 11 is 0. The van der Waals surface area contributed by atoms with Crippen molar-refractivity contribution in [3.05, 3.63) is 119 Å². The van der Waals surface area contributed by atoms with Crippen LogP contribution >= 0.6 is 0 Å². The summed E-state index contributed by atoms with van der Waals surface area (Å²) in [6, 6.07) is 35.1. The molecule has 0 saturated heterocycles. The zero-order chi connectivity index (χ0) is 21.4. The largest absolute Gasteiger partial charge is 0.0622 e. The Morgan fingerprint density at radius 1 is 0.581 bits per heavy atom. The lowest BCUT2D eigenvalue weighted by Crippen LogP contribution is -2.14. The Labute approximate surface area is 185 Å². The third-order valence-electron chi connectivity index (χ3n) is 6.27. The van der Waals surface area contributed by atoms with Gasteiger partial charge in [0.05, 0.1) is 0 Å². The summed E-state index contributed by atoms with van der Waals surface area (Å²) in [4.78, 5) is 0. The zero-order valence-electron chi connectivity index (χ0n) is 18.5. The summed E-state index contributed by atoms with van der Waals surface area (Å²) in [5.41, 5.74) is 12.2. The van der Waals surface area contributed by atoms with Gasteiger partial charge in [0.1, 0.15) is 0 Å². The molecule has 0 heterocycles. The maximum Gasteiger partial charge on any atom is -0.00134 e. The van der Waals surface area contributed by atoms with Crippen molar-refractivity contribution in [2.75, 3.05) is 0 Å². The van der Waals surface area contributed by atoms with Gasteiger partial charge >= 0.3 is 0 Å².